The lowest BCUT2D eigenvalue weighted by Crippen LogP contribution is -2.23. The highest BCUT2D eigenvalue weighted by Crippen LogP contribution is 2.28. The lowest BCUT2D eigenvalue weighted by molar-refractivity contribution is 0.191. The molecule has 0 saturated carbocycles. The number of aliphatic hydroxyl groups excluding tert-OH is 1. The Morgan fingerprint density at radius 3 is 2.73 bits per heavy atom. The molecule has 2 aromatic heterocycles. The average Bonchev–Trinajstić information content (AvgIpc) is 2.87. The molecule has 0 saturated heterocycles. The highest BCUT2D eigenvalue weighted by Gasteiger charge is 2.07. The predicted octanol–water partition coefficient (Wildman–Crippen LogP) is 3.01. The Morgan fingerprint density at radius 2 is 2.00 bits per heavy atom. The van der Waals surface area contributed by atoms with Crippen LogP contribution in [0.3, 0.4) is 0 Å². The molecule has 114 valence electrons. The van der Waals surface area contributed by atoms with Crippen LogP contribution in [0.5, 0.6) is 0 Å². The highest BCUT2D eigenvalue weighted by molar-refractivity contribution is 5.93. The molecule has 0 aliphatic rings. The van der Waals surface area contributed by atoms with Crippen LogP contribution >= 0.6 is 0 Å². The van der Waals surface area contributed by atoms with Crippen molar-refractivity contribution in [3.63, 3.8) is 0 Å². The highest BCUT2D eigenvalue weighted by atomic mass is 16.3. The fourth-order valence-corrected chi connectivity index (χ4v) is 2.64. The van der Waals surface area contributed by atoms with E-state index in [9.17, 15) is 5.11 Å². The maximum absolute atomic E-state index is 9.25. The minimum Gasteiger partial charge on any atom is -0.392 e. The van der Waals surface area contributed by atoms with Gasteiger partial charge in [0.1, 0.15) is 5.65 Å². The van der Waals surface area contributed by atoms with Gasteiger partial charge >= 0.3 is 0 Å². The Hall–Kier alpha value is -2.17. The number of hydrogen-bond donors (Lipinski definition) is 3. The van der Waals surface area contributed by atoms with E-state index >= 15 is 0 Å². The number of hydrogen-bond acceptors (Lipinski definition) is 3. The van der Waals surface area contributed by atoms with E-state index in [1.54, 1.807) is 6.92 Å². The van der Waals surface area contributed by atoms with E-state index in [4.69, 9.17) is 0 Å². The molecule has 0 spiro atoms. The third-order valence-corrected chi connectivity index (χ3v) is 3.70. The molecule has 0 unspecified atom stereocenters. The number of aliphatic hydroxyl groups is 1. The summed E-state index contributed by atoms with van der Waals surface area (Å²) in [5.41, 5.74) is 5.63. The zero-order chi connectivity index (χ0) is 15.5. The molecule has 0 aliphatic carbocycles. The zero-order valence-electron chi connectivity index (χ0n) is 12.9. The number of rotatable bonds is 5. The largest absolute Gasteiger partial charge is 0.392 e. The van der Waals surface area contributed by atoms with E-state index in [1.807, 2.05) is 13.1 Å². The first-order valence-corrected chi connectivity index (χ1v) is 7.56. The molecule has 3 N–H and O–H groups in total. The van der Waals surface area contributed by atoms with Gasteiger partial charge in [0, 0.05) is 30.4 Å². The van der Waals surface area contributed by atoms with Crippen molar-refractivity contribution >= 4 is 11.0 Å². The normalized spacial score (nSPS) is 12.7. The second-order valence-corrected chi connectivity index (χ2v) is 5.75. The van der Waals surface area contributed by atoms with E-state index in [0.717, 1.165) is 23.3 Å². The van der Waals surface area contributed by atoms with Gasteiger partial charge in [-0.15, -0.1) is 0 Å². The lowest BCUT2D eigenvalue weighted by Gasteiger charge is -2.08. The van der Waals surface area contributed by atoms with Crippen LogP contribution in [0.15, 0.2) is 42.6 Å². The van der Waals surface area contributed by atoms with Crippen molar-refractivity contribution < 1.29 is 5.11 Å². The Bertz CT molecular complexity index is 760. The third kappa shape index (κ3) is 3.18. The summed E-state index contributed by atoms with van der Waals surface area (Å²) >= 11 is 0. The topological polar surface area (TPSA) is 60.9 Å². The molecule has 4 heteroatoms. The van der Waals surface area contributed by atoms with Gasteiger partial charge in [0.05, 0.1) is 6.10 Å². The number of benzene rings is 1. The maximum atomic E-state index is 9.25. The second kappa shape index (κ2) is 6.30. The summed E-state index contributed by atoms with van der Waals surface area (Å²) in [4.78, 5) is 7.65. The van der Waals surface area contributed by atoms with Crippen molar-refractivity contribution in [1.29, 1.82) is 0 Å². The van der Waals surface area contributed by atoms with Gasteiger partial charge in [-0.25, -0.2) is 4.98 Å². The van der Waals surface area contributed by atoms with Crippen LogP contribution < -0.4 is 5.32 Å². The zero-order valence-corrected chi connectivity index (χ0v) is 12.9. The van der Waals surface area contributed by atoms with Gasteiger partial charge in [0.25, 0.3) is 0 Å². The molecule has 4 nitrogen and oxygen atoms in total. The summed E-state index contributed by atoms with van der Waals surface area (Å²) < 4.78 is 0. The predicted molar refractivity (Wildman–Crippen MR) is 89.7 cm³/mol. The van der Waals surface area contributed by atoms with Crippen LogP contribution in [0.25, 0.3) is 22.2 Å². The summed E-state index contributed by atoms with van der Waals surface area (Å²) in [6.07, 6.45) is 1.52. The van der Waals surface area contributed by atoms with Crippen molar-refractivity contribution in [3.05, 3.63) is 53.9 Å². The van der Waals surface area contributed by atoms with Crippen LogP contribution in [0.4, 0.5) is 0 Å². The molecule has 0 bridgehead atoms. The lowest BCUT2D eigenvalue weighted by atomic mass is 10.0. The molecule has 0 radical (unpaired) electrons. The number of fused-ring (bicyclic) bond motifs is 1. The number of aromatic nitrogens is 2. The first-order valence-electron chi connectivity index (χ1n) is 7.56. The fraction of sp³-hybridized carbons (Fsp3) is 0.278. The third-order valence-electron chi connectivity index (χ3n) is 3.70. The van der Waals surface area contributed by atoms with Gasteiger partial charge in [-0.05, 0) is 42.7 Å². The van der Waals surface area contributed by atoms with E-state index in [-0.39, 0.29) is 6.10 Å². The van der Waals surface area contributed by atoms with Crippen molar-refractivity contribution in [2.45, 2.75) is 26.5 Å². The molecular formula is C18H21N3O. The van der Waals surface area contributed by atoms with Gasteiger partial charge in [-0.2, -0.15) is 0 Å². The van der Waals surface area contributed by atoms with Crippen LogP contribution in [0.2, 0.25) is 0 Å². The van der Waals surface area contributed by atoms with Crippen LogP contribution in [0, 0.1) is 6.92 Å². The molecule has 0 amide bonds. The summed E-state index contributed by atoms with van der Waals surface area (Å²) in [6.45, 7) is 5.20. The molecular weight excluding hydrogens is 274 g/mol. The number of nitrogens with zero attached hydrogens (tertiary/aromatic N) is 1. The molecule has 1 aromatic carbocycles. The first kappa shape index (κ1) is 14.8. The Labute approximate surface area is 130 Å². The van der Waals surface area contributed by atoms with Crippen LogP contribution in [-0.2, 0) is 6.54 Å². The van der Waals surface area contributed by atoms with Crippen molar-refractivity contribution in [3.8, 4) is 11.1 Å². The summed E-state index contributed by atoms with van der Waals surface area (Å²) in [5.74, 6) is 0. The van der Waals surface area contributed by atoms with Crippen molar-refractivity contribution in [1.82, 2.24) is 15.3 Å². The average molecular weight is 295 g/mol. The quantitative estimate of drug-likeness (QED) is 0.678. The van der Waals surface area contributed by atoms with Crippen molar-refractivity contribution in [2.75, 3.05) is 6.54 Å². The number of pyridine rings is 1. The molecule has 0 aliphatic heterocycles. The van der Waals surface area contributed by atoms with E-state index in [0.29, 0.717) is 6.54 Å². The molecule has 2 heterocycles. The monoisotopic (exact) mass is 295 g/mol. The molecule has 22 heavy (non-hydrogen) atoms. The van der Waals surface area contributed by atoms with Crippen molar-refractivity contribution in [2.24, 2.45) is 0 Å². The second-order valence-electron chi connectivity index (χ2n) is 5.75. The SMILES string of the molecule is Cc1cc2c(-c3ccc(CNC[C@@H](C)O)cc3)ccnc2[nH]1. The fourth-order valence-electron chi connectivity index (χ4n) is 2.64. The number of H-pyrrole nitrogens is 1. The number of aromatic amines is 1. The summed E-state index contributed by atoms with van der Waals surface area (Å²) in [7, 11) is 0. The maximum Gasteiger partial charge on any atom is 0.138 e. The minimum absolute atomic E-state index is 0.318. The molecule has 3 rings (SSSR count). The molecule has 1 atom stereocenters. The molecule has 3 aromatic rings. The van der Waals surface area contributed by atoms with Gasteiger partial charge < -0.3 is 15.4 Å². The van der Waals surface area contributed by atoms with E-state index in [2.05, 4.69) is 51.7 Å². The van der Waals surface area contributed by atoms with Gasteiger partial charge in [-0.1, -0.05) is 24.3 Å². The van der Waals surface area contributed by atoms with E-state index < -0.39 is 0 Å². The molecule has 0 fully saturated rings. The smallest absolute Gasteiger partial charge is 0.138 e. The number of nitrogens with one attached hydrogen (secondary N) is 2. The number of aryl methyl sites for hydroxylation is 1. The van der Waals surface area contributed by atoms with Gasteiger partial charge in [0.2, 0.25) is 0 Å². The Kier molecular flexibility index (Phi) is 4.22. The minimum atomic E-state index is -0.318. The van der Waals surface area contributed by atoms with Crippen LogP contribution in [-0.4, -0.2) is 27.7 Å². The standard InChI is InChI=1S/C18H21N3O/c1-12-9-17-16(7-8-20-18(17)21-12)15-5-3-14(4-6-15)11-19-10-13(2)22/h3-9,13,19,22H,10-11H2,1-2H3,(H,20,21)/t13-/m1/s1. The Balaban J connectivity index is 1.82. The van der Waals surface area contributed by atoms with Gasteiger partial charge in [0.15, 0.2) is 0 Å². The van der Waals surface area contributed by atoms with E-state index in [1.165, 1.54) is 16.7 Å². The Morgan fingerprint density at radius 1 is 1.23 bits per heavy atom. The van der Waals surface area contributed by atoms with Gasteiger partial charge in [-0.3, -0.25) is 0 Å². The van der Waals surface area contributed by atoms with Crippen LogP contribution in [0.1, 0.15) is 18.2 Å². The summed E-state index contributed by atoms with van der Waals surface area (Å²) in [5, 5.41) is 13.6. The first-order chi connectivity index (χ1) is 10.6. The summed E-state index contributed by atoms with van der Waals surface area (Å²) in [6, 6.07) is 12.7.